The van der Waals surface area contributed by atoms with Crippen molar-refractivity contribution >= 4 is 23.1 Å². The first-order valence-corrected chi connectivity index (χ1v) is 6.02. The fourth-order valence-electron chi connectivity index (χ4n) is 2.31. The Balaban J connectivity index is 2.42. The summed E-state index contributed by atoms with van der Waals surface area (Å²) in [6, 6.07) is 5.40. The van der Waals surface area contributed by atoms with Crippen LogP contribution in [0.25, 0.3) is 0 Å². The molecule has 17 heavy (non-hydrogen) atoms. The molecule has 0 amide bonds. The minimum atomic E-state index is 0.0280. The van der Waals surface area contributed by atoms with Gasteiger partial charge in [0.25, 0.3) is 0 Å². The van der Waals surface area contributed by atoms with Crippen molar-refractivity contribution in [1.29, 1.82) is 5.41 Å². The van der Waals surface area contributed by atoms with Gasteiger partial charge in [-0.3, -0.25) is 5.41 Å². The van der Waals surface area contributed by atoms with Crippen molar-refractivity contribution in [2.75, 3.05) is 18.1 Å². The fraction of sp³-hybridized carbons (Fsp3) is 0.417. The minimum Gasteiger partial charge on any atom is -0.394 e. The molecule has 0 spiro atoms. The number of nitrogen functional groups attached to an aromatic ring is 1. The van der Waals surface area contributed by atoms with Gasteiger partial charge in [-0.25, -0.2) is 0 Å². The molecule has 1 aliphatic heterocycles. The Hall–Kier alpha value is -1.26. The number of aliphatic hydroxyl groups excluding tert-OH is 1. The van der Waals surface area contributed by atoms with E-state index in [2.05, 4.69) is 4.90 Å². The SMILES string of the molecule is N=C(N)c1ccc(Cl)cc1N1CCCC1CO. The first-order chi connectivity index (χ1) is 8.13. The lowest BCUT2D eigenvalue weighted by atomic mass is 10.1. The molecule has 1 saturated heterocycles. The Morgan fingerprint density at radius 2 is 2.35 bits per heavy atom. The van der Waals surface area contributed by atoms with Crippen molar-refractivity contribution in [1.82, 2.24) is 0 Å². The topological polar surface area (TPSA) is 73.3 Å². The summed E-state index contributed by atoms with van der Waals surface area (Å²) >= 11 is 5.99. The molecule has 92 valence electrons. The maximum Gasteiger partial charge on any atom is 0.124 e. The normalized spacial score (nSPS) is 19.6. The van der Waals surface area contributed by atoms with E-state index < -0.39 is 0 Å². The summed E-state index contributed by atoms with van der Waals surface area (Å²) in [5.41, 5.74) is 7.09. The predicted molar refractivity (Wildman–Crippen MR) is 69.9 cm³/mol. The highest BCUT2D eigenvalue weighted by molar-refractivity contribution is 6.31. The maximum atomic E-state index is 9.34. The zero-order chi connectivity index (χ0) is 12.4. The molecule has 0 radical (unpaired) electrons. The molecule has 4 nitrogen and oxygen atoms in total. The molecule has 0 aliphatic carbocycles. The average Bonchev–Trinajstić information content (AvgIpc) is 2.76. The second-order valence-electron chi connectivity index (χ2n) is 4.25. The monoisotopic (exact) mass is 253 g/mol. The molecule has 5 heteroatoms. The van der Waals surface area contributed by atoms with Crippen LogP contribution in [0.3, 0.4) is 0 Å². The number of hydrogen-bond acceptors (Lipinski definition) is 3. The predicted octanol–water partition coefficient (Wildman–Crippen LogP) is 1.59. The minimum absolute atomic E-state index is 0.0280. The van der Waals surface area contributed by atoms with Gasteiger partial charge in [-0.05, 0) is 31.0 Å². The van der Waals surface area contributed by atoms with Crippen LogP contribution in [0, 0.1) is 5.41 Å². The van der Waals surface area contributed by atoms with Gasteiger partial charge in [-0.15, -0.1) is 0 Å². The molecular weight excluding hydrogens is 238 g/mol. The molecule has 0 bridgehead atoms. The number of nitrogens with one attached hydrogen (secondary N) is 1. The number of nitrogens with two attached hydrogens (primary N) is 1. The van der Waals surface area contributed by atoms with Gasteiger partial charge in [0, 0.05) is 22.8 Å². The molecule has 2 rings (SSSR count). The van der Waals surface area contributed by atoms with E-state index in [-0.39, 0.29) is 18.5 Å². The summed E-state index contributed by atoms with van der Waals surface area (Å²) in [4.78, 5) is 2.09. The summed E-state index contributed by atoms with van der Waals surface area (Å²) in [5, 5.41) is 17.5. The zero-order valence-corrected chi connectivity index (χ0v) is 10.2. The van der Waals surface area contributed by atoms with Crippen molar-refractivity contribution in [3.63, 3.8) is 0 Å². The van der Waals surface area contributed by atoms with Crippen molar-refractivity contribution < 1.29 is 5.11 Å². The third-order valence-corrected chi connectivity index (χ3v) is 3.38. The Morgan fingerprint density at radius 3 is 3.00 bits per heavy atom. The van der Waals surface area contributed by atoms with Crippen LogP contribution in [0.1, 0.15) is 18.4 Å². The van der Waals surface area contributed by atoms with Crippen molar-refractivity contribution in [3.05, 3.63) is 28.8 Å². The number of benzene rings is 1. The van der Waals surface area contributed by atoms with E-state index in [4.69, 9.17) is 22.7 Å². The second-order valence-corrected chi connectivity index (χ2v) is 4.68. The first kappa shape index (κ1) is 12.2. The summed E-state index contributed by atoms with van der Waals surface area (Å²) in [7, 11) is 0. The molecule has 4 N–H and O–H groups in total. The molecular formula is C12H16ClN3O. The van der Waals surface area contributed by atoms with Crippen LogP contribution in [0.15, 0.2) is 18.2 Å². The van der Waals surface area contributed by atoms with Crippen LogP contribution >= 0.6 is 11.6 Å². The molecule has 1 fully saturated rings. The fourth-order valence-corrected chi connectivity index (χ4v) is 2.48. The van der Waals surface area contributed by atoms with E-state index >= 15 is 0 Å². The Morgan fingerprint density at radius 1 is 1.59 bits per heavy atom. The number of hydrogen-bond donors (Lipinski definition) is 3. The van der Waals surface area contributed by atoms with Gasteiger partial charge in [0.2, 0.25) is 0 Å². The summed E-state index contributed by atoms with van der Waals surface area (Å²) < 4.78 is 0. The van der Waals surface area contributed by atoms with Gasteiger partial charge in [0.1, 0.15) is 5.84 Å². The molecule has 1 aromatic rings. The molecule has 1 unspecified atom stereocenters. The molecule has 1 heterocycles. The van der Waals surface area contributed by atoms with Gasteiger partial charge >= 0.3 is 0 Å². The number of aliphatic hydroxyl groups is 1. The van der Waals surface area contributed by atoms with Gasteiger partial charge in [-0.1, -0.05) is 11.6 Å². The highest BCUT2D eigenvalue weighted by atomic mass is 35.5. The van der Waals surface area contributed by atoms with Gasteiger partial charge in [0.15, 0.2) is 0 Å². The standard InChI is InChI=1S/C12H16ClN3O/c13-8-3-4-10(12(14)15)11(6-8)16-5-1-2-9(16)7-17/h3-4,6,9,17H,1-2,5,7H2,(H3,14,15). The Labute approximate surface area is 105 Å². The number of halogens is 1. The van der Waals surface area contributed by atoms with E-state index in [1.54, 1.807) is 12.1 Å². The average molecular weight is 254 g/mol. The van der Waals surface area contributed by atoms with Crippen LogP contribution in [-0.2, 0) is 0 Å². The smallest absolute Gasteiger partial charge is 0.124 e. The van der Waals surface area contributed by atoms with Crippen LogP contribution in [-0.4, -0.2) is 30.1 Å². The first-order valence-electron chi connectivity index (χ1n) is 5.65. The van der Waals surface area contributed by atoms with Crippen molar-refractivity contribution in [3.8, 4) is 0 Å². The lowest BCUT2D eigenvalue weighted by Gasteiger charge is -2.27. The summed E-state index contributed by atoms with van der Waals surface area (Å²) in [6.45, 7) is 0.982. The zero-order valence-electron chi connectivity index (χ0n) is 9.49. The van der Waals surface area contributed by atoms with Gasteiger partial charge in [0.05, 0.1) is 12.6 Å². The summed E-state index contributed by atoms with van der Waals surface area (Å²) in [6.07, 6.45) is 2.00. The van der Waals surface area contributed by atoms with Crippen molar-refractivity contribution in [2.45, 2.75) is 18.9 Å². The van der Waals surface area contributed by atoms with Crippen LogP contribution in [0.4, 0.5) is 5.69 Å². The third kappa shape index (κ3) is 2.37. The second kappa shape index (κ2) is 4.94. The molecule has 0 aromatic heterocycles. The Bertz CT molecular complexity index is 436. The van der Waals surface area contributed by atoms with Crippen LogP contribution < -0.4 is 10.6 Å². The van der Waals surface area contributed by atoms with E-state index in [0.717, 1.165) is 25.1 Å². The van der Waals surface area contributed by atoms with Crippen LogP contribution in [0.5, 0.6) is 0 Å². The van der Waals surface area contributed by atoms with Gasteiger partial charge < -0.3 is 15.7 Å². The highest BCUT2D eigenvalue weighted by Gasteiger charge is 2.26. The van der Waals surface area contributed by atoms with E-state index in [1.807, 2.05) is 6.07 Å². The molecule has 1 atom stereocenters. The van der Waals surface area contributed by atoms with Crippen molar-refractivity contribution in [2.24, 2.45) is 5.73 Å². The quantitative estimate of drug-likeness (QED) is 0.566. The highest BCUT2D eigenvalue weighted by Crippen LogP contribution is 2.30. The lowest BCUT2D eigenvalue weighted by molar-refractivity contribution is 0.266. The Kier molecular flexibility index (Phi) is 3.54. The molecule has 0 saturated carbocycles. The van der Waals surface area contributed by atoms with E-state index in [0.29, 0.717) is 10.6 Å². The molecule has 1 aliphatic rings. The van der Waals surface area contributed by atoms with E-state index in [9.17, 15) is 5.11 Å². The lowest BCUT2D eigenvalue weighted by Crippen LogP contribution is -2.33. The molecule has 1 aromatic carbocycles. The van der Waals surface area contributed by atoms with Gasteiger partial charge in [-0.2, -0.15) is 0 Å². The maximum absolute atomic E-state index is 9.34. The number of nitrogens with zero attached hydrogens (tertiary/aromatic N) is 1. The van der Waals surface area contributed by atoms with Crippen LogP contribution in [0.2, 0.25) is 5.02 Å². The van der Waals surface area contributed by atoms with E-state index in [1.165, 1.54) is 0 Å². The number of anilines is 1. The largest absolute Gasteiger partial charge is 0.394 e. The number of amidine groups is 1. The number of rotatable bonds is 3. The summed E-state index contributed by atoms with van der Waals surface area (Å²) in [5.74, 6) is 0.0280. The third-order valence-electron chi connectivity index (χ3n) is 3.15.